The van der Waals surface area contributed by atoms with Gasteiger partial charge in [0.15, 0.2) is 0 Å². The van der Waals surface area contributed by atoms with Crippen LogP contribution in [0.1, 0.15) is 19.8 Å². The third kappa shape index (κ3) is 3.74. The van der Waals surface area contributed by atoms with Crippen molar-refractivity contribution in [3.8, 4) is 0 Å². The van der Waals surface area contributed by atoms with Gasteiger partial charge in [0.1, 0.15) is 0 Å². The van der Waals surface area contributed by atoms with Gasteiger partial charge in [0, 0.05) is 25.3 Å². The number of aliphatic hydroxyl groups excluding tert-OH is 1. The maximum atomic E-state index is 11.5. The first-order valence-corrected chi connectivity index (χ1v) is 4.97. The molecule has 0 unspecified atom stereocenters. The van der Waals surface area contributed by atoms with Gasteiger partial charge in [0.05, 0.1) is 19.2 Å². The monoisotopic (exact) mass is 187 g/mol. The molecule has 4 heteroatoms. The summed E-state index contributed by atoms with van der Waals surface area (Å²) < 4.78 is 0. The Labute approximate surface area is 78.7 Å². The van der Waals surface area contributed by atoms with Crippen molar-refractivity contribution < 1.29 is 15.2 Å². The van der Waals surface area contributed by atoms with Gasteiger partial charge in [-0.05, 0) is 6.92 Å². The minimum Gasteiger partial charge on any atom is -0.392 e. The van der Waals surface area contributed by atoms with E-state index in [-0.39, 0.29) is 11.8 Å². The zero-order valence-electron chi connectivity index (χ0n) is 8.12. The zero-order chi connectivity index (χ0) is 9.68. The molecule has 0 spiro atoms. The summed E-state index contributed by atoms with van der Waals surface area (Å²) in [5.41, 5.74) is 0. The third-order valence-corrected chi connectivity index (χ3v) is 2.38. The molecule has 76 valence electrons. The lowest BCUT2D eigenvalue weighted by Gasteiger charge is -2.19. The molecular formula is C9H19N2O2+. The van der Waals surface area contributed by atoms with Gasteiger partial charge in [-0.25, -0.2) is 0 Å². The van der Waals surface area contributed by atoms with Crippen molar-refractivity contribution in [1.29, 1.82) is 0 Å². The second-order valence-electron chi connectivity index (χ2n) is 3.73. The fraction of sp³-hybridized carbons (Fsp3) is 0.889. The first-order valence-electron chi connectivity index (χ1n) is 4.97. The maximum Gasteiger partial charge on any atom is 0.223 e. The number of quaternary nitrogens is 1. The zero-order valence-corrected chi connectivity index (χ0v) is 8.12. The van der Waals surface area contributed by atoms with Crippen LogP contribution in [0.4, 0.5) is 0 Å². The van der Waals surface area contributed by atoms with Crippen LogP contribution in [0, 0.1) is 5.92 Å². The van der Waals surface area contributed by atoms with Crippen LogP contribution in [0.25, 0.3) is 0 Å². The number of nitrogens with one attached hydrogen (secondary N) is 1. The molecule has 0 bridgehead atoms. The average molecular weight is 187 g/mol. The van der Waals surface area contributed by atoms with Gasteiger partial charge >= 0.3 is 0 Å². The lowest BCUT2D eigenvalue weighted by molar-refractivity contribution is -0.664. The Hall–Kier alpha value is -0.610. The van der Waals surface area contributed by atoms with Gasteiger partial charge in [0.2, 0.25) is 5.91 Å². The lowest BCUT2D eigenvalue weighted by Crippen LogP contribution is -2.86. The van der Waals surface area contributed by atoms with Crippen molar-refractivity contribution >= 4 is 5.91 Å². The van der Waals surface area contributed by atoms with Crippen molar-refractivity contribution in [2.75, 3.05) is 19.6 Å². The predicted octanol–water partition coefficient (Wildman–Crippen LogP) is -1.54. The summed E-state index contributed by atoms with van der Waals surface area (Å²) in [6.45, 7) is 4.15. The quantitative estimate of drug-likeness (QED) is 0.501. The number of carbonyl (C=O) groups excluding carboxylic acids is 1. The van der Waals surface area contributed by atoms with Crippen LogP contribution in [-0.4, -0.2) is 36.8 Å². The van der Waals surface area contributed by atoms with Gasteiger partial charge in [-0.2, -0.15) is 0 Å². The van der Waals surface area contributed by atoms with E-state index in [0.717, 1.165) is 25.9 Å². The van der Waals surface area contributed by atoms with Crippen LogP contribution >= 0.6 is 0 Å². The summed E-state index contributed by atoms with van der Waals surface area (Å²) in [6.07, 6.45) is 1.48. The van der Waals surface area contributed by atoms with E-state index in [1.165, 1.54) is 0 Å². The maximum absolute atomic E-state index is 11.5. The standard InChI is InChI=1S/C9H18N2O2/c1-7(12)6-11-9(13)8-2-4-10-5-3-8/h7-8,10,12H,2-6H2,1H3,(H,11,13)/p+1/t7-/m0/s1. The summed E-state index contributed by atoms with van der Waals surface area (Å²) in [6, 6.07) is 0. The number of aliphatic hydroxyl groups is 1. The molecule has 0 aliphatic carbocycles. The van der Waals surface area contributed by atoms with E-state index in [0.29, 0.717) is 6.54 Å². The van der Waals surface area contributed by atoms with Crippen LogP contribution in [0.15, 0.2) is 0 Å². The third-order valence-electron chi connectivity index (χ3n) is 2.38. The number of hydrogen-bond acceptors (Lipinski definition) is 2. The molecule has 4 nitrogen and oxygen atoms in total. The molecule has 1 fully saturated rings. The Bertz CT molecular complexity index is 165. The summed E-state index contributed by atoms with van der Waals surface area (Å²) in [5.74, 6) is 0.276. The average Bonchev–Trinajstić information content (AvgIpc) is 2.15. The molecule has 1 atom stereocenters. The van der Waals surface area contributed by atoms with E-state index in [4.69, 9.17) is 5.11 Å². The fourth-order valence-electron chi connectivity index (χ4n) is 1.58. The van der Waals surface area contributed by atoms with E-state index in [1.54, 1.807) is 6.92 Å². The first kappa shape index (κ1) is 10.5. The molecule has 0 aromatic carbocycles. The molecule has 4 N–H and O–H groups in total. The van der Waals surface area contributed by atoms with E-state index in [9.17, 15) is 4.79 Å². The molecule has 0 radical (unpaired) electrons. The highest BCUT2D eigenvalue weighted by molar-refractivity contribution is 5.78. The van der Waals surface area contributed by atoms with Gasteiger partial charge in [-0.3, -0.25) is 4.79 Å². The van der Waals surface area contributed by atoms with Crippen LogP contribution in [0.5, 0.6) is 0 Å². The minimum absolute atomic E-state index is 0.106. The Morgan fingerprint density at radius 2 is 2.23 bits per heavy atom. The molecule has 13 heavy (non-hydrogen) atoms. The second-order valence-corrected chi connectivity index (χ2v) is 3.73. The highest BCUT2D eigenvalue weighted by Crippen LogP contribution is 2.08. The highest BCUT2D eigenvalue weighted by atomic mass is 16.3. The minimum atomic E-state index is -0.445. The molecule has 0 aromatic rings. The van der Waals surface area contributed by atoms with E-state index in [1.807, 2.05) is 0 Å². The Kier molecular flexibility index (Phi) is 4.18. The summed E-state index contributed by atoms with van der Waals surface area (Å²) >= 11 is 0. The summed E-state index contributed by atoms with van der Waals surface area (Å²) in [4.78, 5) is 11.5. The van der Waals surface area contributed by atoms with E-state index >= 15 is 0 Å². The molecule has 1 amide bonds. The normalized spacial score (nSPS) is 21.1. The molecule has 1 rings (SSSR count). The first-order chi connectivity index (χ1) is 6.20. The lowest BCUT2D eigenvalue weighted by atomic mass is 9.97. The van der Waals surface area contributed by atoms with Gasteiger partial charge < -0.3 is 15.7 Å². The number of amides is 1. The highest BCUT2D eigenvalue weighted by Gasteiger charge is 2.22. The van der Waals surface area contributed by atoms with Crippen molar-refractivity contribution in [3.05, 3.63) is 0 Å². The van der Waals surface area contributed by atoms with Crippen molar-refractivity contribution in [2.24, 2.45) is 5.92 Å². The summed E-state index contributed by atoms with van der Waals surface area (Å²) in [5, 5.41) is 14.0. The van der Waals surface area contributed by atoms with E-state index in [2.05, 4.69) is 10.6 Å². The SMILES string of the molecule is C[C@H](O)CNC(=O)C1CC[NH2+]CC1. The number of carbonyl (C=O) groups is 1. The van der Waals surface area contributed by atoms with Gasteiger partial charge in [-0.15, -0.1) is 0 Å². The molecule has 0 saturated carbocycles. The number of piperidine rings is 1. The predicted molar refractivity (Wildman–Crippen MR) is 49.1 cm³/mol. The second kappa shape index (κ2) is 5.19. The van der Waals surface area contributed by atoms with Crippen molar-refractivity contribution in [1.82, 2.24) is 5.32 Å². The number of nitrogens with two attached hydrogens (primary N) is 1. The molecule has 1 heterocycles. The van der Waals surface area contributed by atoms with Gasteiger partial charge in [-0.1, -0.05) is 0 Å². The smallest absolute Gasteiger partial charge is 0.223 e. The number of rotatable bonds is 3. The Balaban J connectivity index is 2.21. The van der Waals surface area contributed by atoms with Crippen molar-refractivity contribution in [3.63, 3.8) is 0 Å². The van der Waals surface area contributed by atoms with Gasteiger partial charge in [0.25, 0.3) is 0 Å². The molecule has 1 aliphatic heterocycles. The summed E-state index contributed by atoms with van der Waals surface area (Å²) in [7, 11) is 0. The molecular weight excluding hydrogens is 168 g/mol. The molecule has 0 aromatic heterocycles. The van der Waals surface area contributed by atoms with Crippen LogP contribution < -0.4 is 10.6 Å². The molecule has 1 aliphatic rings. The fourth-order valence-corrected chi connectivity index (χ4v) is 1.58. The van der Waals surface area contributed by atoms with Crippen molar-refractivity contribution in [2.45, 2.75) is 25.9 Å². The number of hydrogen-bond donors (Lipinski definition) is 3. The van der Waals surface area contributed by atoms with Crippen LogP contribution in [0.3, 0.4) is 0 Å². The van der Waals surface area contributed by atoms with E-state index < -0.39 is 6.10 Å². The Morgan fingerprint density at radius 1 is 1.62 bits per heavy atom. The Morgan fingerprint density at radius 3 is 2.77 bits per heavy atom. The molecule has 1 saturated heterocycles. The van der Waals surface area contributed by atoms with Crippen LogP contribution in [-0.2, 0) is 4.79 Å². The largest absolute Gasteiger partial charge is 0.392 e. The van der Waals surface area contributed by atoms with Crippen LogP contribution in [0.2, 0.25) is 0 Å². The topological polar surface area (TPSA) is 65.9 Å².